The standard InChI is InChI=1S/C18H17FN4O2S/c1-11-5-4-6-12(2)17(11)23-18(20-21-22-23)26-10-15(24)14-9-13(19)7-8-16(14)25-3/h4-9H,10H2,1-3H3. The summed E-state index contributed by atoms with van der Waals surface area (Å²) in [7, 11) is 1.44. The molecule has 0 aliphatic carbocycles. The lowest BCUT2D eigenvalue weighted by atomic mass is 10.1. The number of thioether (sulfide) groups is 1. The molecule has 3 rings (SSSR count). The molecule has 0 amide bonds. The van der Waals surface area contributed by atoms with Gasteiger partial charge in [0, 0.05) is 0 Å². The van der Waals surface area contributed by atoms with E-state index >= 15 is 0 Å². The van der Waals surface area contributed by atoms with Crippen molar-refractivity contribution in [2.75, 3.05) is 12.9 Å². The van der Waals surface area contributed by atoms with Gasteiger partial charge in [-0.1, -0.05) is 30.0 Å². The Hall–Kier alpha value is -2.74. The number of carbonyl (C=O) groups excluding carboxylic acids is 1. The summed E-state index contributed by atoms with van der Waals surface area (Å²) >= 11 is 1.19. The normalized spacial score (nSPS) is 10.8. The molecule has 0 fully saturated rings. The van der Waals surface area contributed by atoms with E-state index in [1.807, 2.05) is 32.0 Å². The van der Waals surface area contributed by atoms with Gasteiger partial charge in [-0.25, -0.2) is 4.39 Å². The Morgan fingerprint density at radius 2 is 1.96 bits per heavy atom. The van der Waals surface area contributed by atoms with Gasteiger partial charge < -0.3 is 4.74 Å². The summed E-state index contributed by atoms with van der Waals surface area (Å²) in [4.78, 5) is 12.5. The van der Waals surface area contributed by atoms with Crippen molar-refractivity contribution < 1.29 is 13.9 Å². The second-order valence-corrected chi connectivity index (χ2v) is 6.61. The highest BCUT2D eigenvalue weighted by Gasteiger charge is 2.18. The molecule has 0 aliphatic heterocycles. The van der Waals surface area contributed by atoms with Crippen LogP contribution in [0.5, 0.6) is 5.75 Å². The third-order valence-electron chi connectivity index (χ3n) is 3.89. The third kappa shape index (κ3) is 3.60. The average molecular weight is 372 g/mol. The number of ether oxygens (including phenoxy) is 1. The van der Waals surface area contributed by atoms with Crippen molar-refractivity contribution in [2.45, 2.75) is 19.0 Å². The molecule has 0 saturated carbocycles. The quantitative estimate of drug-likeness (QED) is 0.488. The molecule has 2 aromatic carbocycles. The molecule has 1 heterocycles. The van der Waals surface area contributed by atoms with Crippen molar-refractivity contribution in [1.29, 1.82) is 0 Å². The van der Waals surface area contributed by atoms with Crippen LogP contribution >= 0.6 is 11.8 Å². The molecule has 0 saturated heterocycles. The zero-order chi connectivity index (χ0) is 18.7. The number of aryl methyl sites for hydroxylation is 2. The molecule has 6 nitrogen and oxygen atoms in total. The van der Waals surface area contributed by atoms with Crippen molar-refractivity contribution in [2.24, 2.45) is 0 Å². The van der Waals surface area contributed by atoms with Gasteiger partial charge in [-0.3, -0.25) is 4.79 Å². The van der Waals surface area contributed by atoms with Crippen LogP contribution in [0.25, 0.3) is 5.69 Å². The number of hydrogen-bond acceptors (Lipinski definition) is 6. The monoisotopic (exact) mass is 372 g/mol. The minimum atomic E-state index is -0.487. The van der Waals surface area contributed by atoms with Gasteiger partial charge in [0.2, 0.25) is 5.16 Å². The van der Waals surface area contributed by atoms with Crippen LogP contribution in [0.15, 0.2) is 41.6 Å². The highest BCUT2D eigenvalue weighted by atomic mass is 32.2. The minimum Gasteiger partial charge on any atom is -0.496 e. The minimum absolute atomic E-state index is 0.0606. The molecule has 0 aliphatic rings. The van der Waals surface area contributed by atoms with E-state index in [9.17, 15) is 9.18 Å². The van der Waals surface area contributed by atoms with Crippen LogP contribution in [0.1, 0.15) is 21.5 Å². The highest BCUT2D eigenvalue weighted by molar-refractivity contribution is 7.99. The zero-order valence-electron chi connectivity index (χ0n) is 14.6. The number of rotatable bonds is 6. The van der Waals surface area contributed by atoms with E-state index in [2.05, 4.69) is 15.5 Å². The van der Waals surface area contributed by atoms with E-state index in [1.54, 1.807) is 4.68 Å². The van der Waals surface area contributed by atoms with Crippen molar-refractivity contribution in [3.63, 3.8) is 0 Å². The number of aromatic nitrogens is 4. The van der Waals surface area contributed by atoms with Gasteiger partial charge in [0.25, 0.3) is 0 Å². The zero-order valence-corrected chi connectivity index (χ0v) is 15.4. The Labute approximate surface area is 154 Å². The molecule has 0 bridgehead atoms. The van der Waals surface area contributed by atoms with E-state index < -0.39 is 5.82 Å². The maximum absolute atomic E-state index is 13.5. The number of hydrogen-bond donors (Lipinski definition) is 0. The average Bonchev–Trinajstić information content (AvgIpc) is 3.07. The van der Waals surface area contributed by atoms with Gasteiger partial charge in [0.05, 0.1) is 24.1 Å². The fraction of sp³-hybridized carbons (Fsp3) is 0.222. The van der Waals surface area contributed by atoms with Crippen LogP contribution in [0, 0.1) is 19.7 Å². The molecule has 134 valence electrons. The van der Waals surface area contributed by atoms with Crippen LogP contribution < -0.4 is 4.74 Å². The highest BCUT2D eigenvalue weighted by Crippen LogP contribution is 2.26. The van der Waals surface area contributed by atoms with Gasteiger partial charge in [-0.2, -0.15) is 4.68 Å². The van der Waals surface area contributed by atoms with Crippen LogP contribution in [0.4, 0.5) is 4.39 Å². The Kier molecular flexibility index (Phi) is 5.32. The predicted octanol–water partition coefficient (Wildman–Crippen LogP) is 3.40. The molecule has 0 unspecified atom stereocenters. The van der Waals surface area contributed by atoms with Crippen LogP contribution in [0.2, 0.25) is 0 Å². The first-order valence-corrected chi connectivity index (χ1v) is 8.84. The largest absolute Gasteiger partial charge is 0.496 e. The fourth-order valence-electron chi connectivity index (χ4n) is 2.65. The van der Waals surface area contributed by atoms with Gasteiger partial charge in [0.15, 0.2) is 5.78 Å². The molecular weight excluding hydrogens is 355 g/mol. The Morgan fingerprint density at radius 1 is 1.23 bits per heavy atom. The van der Waals surface area contributed by atoms with E-state index in [0.717, 1.165) is 16.8 Å². The summed E-state index contributed by atoms with van der Waals surface area (Å²) in [6.07, 6.45) is 0. The molecule has 26 heavy (non-hydrogen) atoms. The first kappa shape index (κ1) is 18.1. The number of nitrogens with zero attached hydrogens (tertiary/aromatic N) is 4. The van der Waals surface area contributed by atoms with Gasteiger partial charge in [0.1, 0.15) is 11.6 Å². The molecule has 0 N–H and O–H groups in total. The molecule has 0 radical (unpaired) electrons. The number of tetrazole rings is 1. The number of benzene rings is 2. The lowest BCUT2D eigenvalue weighted by Crippen LogP contribution is -2.08. The lowest BCUT2D eigenvalue weighted by Gasteiger charge is -2.11. The molecule has 0 atom stereocenters. The van der Waals surface area contributed by atoms with Crippen LogP contribution in [-0.2, 0) is 0 Å². The molecular formula is C18H17FN4O2S. The Morgan fingerprint density at radius 3 is 2.65 bits per heavy atom. The predicted molar refractivity (Wildman–Crippen MR) is 96.6 cm³/mol. The third-order valence-corrected chi connectivity index (χ3v) is 4.81. The Bertz CT molecular complexity index is 938. The summed E-state index contributed by atoms with van der Waals surface area (Å²) in [6, 6.07) is 9.78. The number of ketones is 1. The van der Waals surface area contributed by atoms with Crippen LogP contribution in [-0.4, -0.2) is 38.9 Å². The molecule has 0 spiro atoms. The summed E-state index contributed by atoms with van der Waals surface area (Å²) < 4.78 is 20.2. The number of para-hydroxylation sites is 1. The van der Waals surface area contributed by atoms with Crippen molar-refractivity contribution in [3.8, 4) is 11.4 Å². The fourth-order valence-corrected chi connectivity index (χ4v) is 3.41. The first-order valence-electron chi connectivity index (χ1n) is 7.85. The number of carbonyl (C=O) groups is 1. The summed E-state index contributed by atoms with van der Waals surface area (Å²) in [5, 5.41) is 12.3. The number of methoxy groups -OCH3 is 1. The summed E-state index contributed by atoms with van der Waals surface area (Å²) in [6.45, 7) is 3.95. The first-order chi connectivity index (χ1) is 12.5. The summed E-state index contributed by atoms with van der Waals surface area (Å²) in [5.41, 5.74) is 3.14. The topological polar surface area (TPSA) is 69.9 Å². The SMILES string of the molecule is COc1ccc(F)cc1C(=O)CSc1nnnn1-c1c(C)cccc1C. The second-order valence-electron chi connectivity index (χ2n) is 5.67. The van der Waals surface area contributed by atoms with E-state index in [4.69, 9.17) is 4.74 Å². The van der Waals surface area contributed by atoms with E-state index in [1.165, 1.54) is 37.1 Å². The molecule has 1 aromatic heterocycles. The molecule has 8 heteroatoms. The Balaban J connectivity index is 1.83. The smallest absolute Gasteiger partial charge is 0.214 e. The second kappa shape index (κ2) is 7.65. The summed E-state index contributed by atoms with van der Waals surface area (Å²) in [5.74, 6) is -0.348. The van der Waals surface area contributed by atoms with Crippen molar-refractivity contribution in [1.82, 2.24) is 20.2 Å². The van der Waals surface area contributed by atoms with Crippen molar-refractivity contribution in [3.05, 3.63) is 58.9 Å². The van der Waals surface area contributed by atoms with E-state index in [0.29, 0.717) is 10.9 Å². The number of Topliss-reactive ketones (excluding diaryl/α,β-unsaturated/α-hetero) is 1. The molecule has 3 aromatic rings. The van der Waals surface area contributed by atoms with Gasteiger partial charge in [-0.05, 0) is 53.6 Å². The van der Waals surface area contributed by atoms with E-state index in [-0.39, 0.29) is 17.1 Å². The number of halogens is 1. The van der Waals surface area contributed by atoms with Gasteiger partial charge in [-0.15, -0.1) is 5.10 Å². The lowest BCUT2D eigenvalue weighted by molar-refractivity contribution is 0.101. The van der Waals surface area contributed by atoms with Crippen molar-refractivity contribution >= 4 is 17.5 Å². The maximum Gasteiger partial charge on any atom is 0.214 e. The maximum atomic E-state index is 13.5. The van der Waals surface area contributed by atoms with Crippen LogP contribution in [0.3, 0.4) is 0 Å². The van der Waals surface area contributed by atoms with Gasteiger partial charge >= 0.3 is 0 Å².